The van der Waals surface area contributed by atoms with E-state index in [9.17, 15) is 4.79 Å². The SMILES string of the molecule is CC(C)(C)c1ccc2c(c1)[C@@H]1O[C@@H]3CCN(CCCC(=O)O)[C@H]3C[C@H]1C(C)(C)O2. The van der Waals surface area contributed by atoms with Gasteiger partial charge in [-0.2, -0.15) is 0 Å². The average molecular weight is 402 g/mol. The number of hydrogen-bond donors (Lipinski definition) is 1. The Balaban J connectivity index is 1.58. The lowest BCUT2D eigenvalue weighted by Crippen LogP contribution is -2.54. The molecule has 29 heavy (non-hydrogen) atoms. The smallest absolute Gasteiger partial charge is 0.303 e. The number of nitrogens with zero attached hydrogens (tertiary/aromatic N) is 1. The molecule has 0 bridgehead atoms. The number of hydrogen-bond acceptors (Lipinski definition) is 4. The van der Waals surface area contributed by atoms with Crippen LogP contribution in [0.4, 0.5) is 0 Å². The number of rotatable bonds is 4. The molecule has 1 N–H and O–H groups in total. The van der Waals surface area contributed by atoms with Crippen LogP contribution in [-0.4, -0.2) is 46.8 Å². The minimum atomic E-state index is -0.714. The Morgan fingerprint density at radius 1 is 1.31 bits per heavy atom. The van der Waals surface area contributed by atoms with Crippen molar-refractivity contribution in [1.29, 1.82) is 0 Å². The Kier molecular flexibility index (Phi) is 5.19. The van der Waals surface area contributed by atoms with Gasteiger partial charge in [0.2, 0.25) is 0 Å². The van der Waals surface area contributed by atoms with E-state index in [1.165, 1.54) is 11.1 Å². The van der Waals surface area contributed by atoms with Crippen molar-refractivity contribution >= 4 is 5.97 Å². The molecule has 4 atom stereocenters. The lowest BCUT2D eigenvalue weighted by atomic mass is 9.73. The summed E-state index contributed by atoms with van der Waals surface area (Å²) in [5.41, 5.74) is 2.31. The third-order valence-corrected chi connectivity index (χ3v) is 7.07. The summed E-state index contributed by atoms with van der Waals surface area (Å²) in [6.45, 7) is 12.9. The lowest BCUT2D eigenvalue weighted by molar-refractivity contribution is -0.162. The van der Waals surface area contributed by atoms with Gasteiger partial charge in [0.05, 0.1) is 12.2 Å². The number of likely N-dealkylation sites (tertiary alicyclic amines) is 1. The molecule has 3 aliphatic rings. The Morgan fingerprint density at radius 2 is 2.07 bits per heavy atom. The highest BCUT2D eigenvalue weighted by atomic mass is 16.5. The molecular weight excluding hydrogens is 366 g/mol. The molecule has 2 fully saturated rings. The first-order chi connectivity index (χ1) is 13.6. The van der Waals surface area contributed by atoms with Crippen molar-refractivity contribution in [2.24, 2.45) is 5.92 Å². The Morgan fingerprint density at radius 3 is 2.76 bits per heavy atom. The number of carboxylic acids is 1. The summed E-state index contributed by atoms with van der Waals surface area (Å²) in [5, 5.41) is 8.96. The van der Waals surface area contributed by atoms with Gasteiger partial charge in [0.1, 0.15) is 11.4 Å². The summed E-state index contributed by atoms with van der Waals surface area (Å²) in [6, 6.07) is 6.96. The highest BCUT2D eigenvalue weighted by Gasteiger charge is 2.53. The predicted molar refractivity (Wildman–Crippen MR) is 112 cm³/mol. The van der Waals surface area contributed by atoms with Gasteiger partial charge in [-0.15, -0.1) is 0 Å². The quantitative estimate of drug-likeness (QED) is 0.803. The van der Waals surface area contributed by atoms with Crippen LogP contribution in [0.5, 0.6) is 5.75 Å². The summed E-state index contributed by atoms with van der Waals surface area (Å²) in [5.74, 6) is 0.527. The van der Waals surface area contributed by atoms with Crippen molar-refractivity contribution in [3.63, 3.8) is 0 Å². The fourth-order valence-electron chi connectivity index (χ4n) is 5.35. The first-order valence-electron chi connectivity index (χ1n) is 11.0. The van der Waals surface area contributed by atoms with Crippen LogP contribution in [-0.2, 0) is 14.9 Å². The second-order valence-electron chi connectivity index (χ2n) is 10.5. The van der Waals surface area contributed by atoms with Crippen molar-refractivity contribution < 1.29 is 19.4 Å². The summed E-state index contributed by atoms with van der Waals surface area (Å²) in [7, 11) is 0. The molecular formula is C24H35NO4. The van der Waals surface area contributed by atoms with E-state index in [-0.39, 0.29) is 35.6 Å². The summed E-state index contributed by atoms with van der Waals surface area (Å²) >= 11 is 0. The number of carboxylic acid groups (broad SMARTS) is 1. The van der Waals surface area contributed by atoms with Crippen molar-refractivity contribution in [3.05, 3.63) is 29.3 Å². The van der Waals surface area contributed by atoms with Crippen molar-refractivity contribution in [2.45, 2.75) is 89.6 Å². The van der Waals surface area contributed by atoms with Crippen LogP contribution in [0.1, 0.15) is 77.5 Å². The number of ether oxygens (including phenoxy) is 2. The van der Waals surface area contributed by atoms with Crippen LogP contribution in [0.2, 0.25) is 0 Å². The van der Waals surface area contributed by atoms with Crippen molar-refractivity contribution in [3.8, 4) is 5.75 Å². The van der Waals surface area contributed by atoms with Gasteiger partial charge >= 0.3 is 5.97 Å². The normalized spacial score (nSPS) is 30.8. The van der Waals surface area contributed by atoms with Crippen LogP contribution in [0, 0.1) is 5.92 Å². The van der Waals surface area contributed by atoms with Gasteiger partial charge < -0.3 is 14.6 Å². The van der Waals surface area contributed by atoms with Gasteiger partial charge in [-0.25, -0.2) is 0 Å². The molecule has 4 rings (SSSR count). The minimum absolute atomic E-state index is 0.0660. The minimum Gasteiger partial charge on any atom is -0.487 e. The average Bonchev–Trinajstić information content (AvgIpc) is 3.01. The molecule has 5 heteroatoms. The predicted octanol–water partition coefficient (Wildman–Crippen LogP) is 4.54. The Hall–Kier alpha value is -1.59. The van der Waals surface area contributed by atoms with E-state index >= 15 is 0 Å². The standard InChI is InChI=1S/C24H35NO4/c1-23(2,3)15-8-9-19-16(13-15)22-17(24(4,5)29-19)14-18-20(28-22)10-12-25(18)11-6-7-21(26)27/h8-9,13,17-18,20,22H,6-7,10-12,14H2,1-5H3,(H,26,27)/t17-,18+,20-,22+/m1/s1. The van der Waals surface area contributed by atoms with Crippen molar-refractivity contribution in [2.75, 3.05) is 13.1 Å². The number of fused-ring (bicyclic) bond motifs is 4. The fourth-order valence-corrected chi connectivity index (χ4v) is 5.35. The number of benzene rings is 1. The van der Waals surface area contributed by atoms with E-state index in [0.717, 1.165) is 31.7 Å². The van der Waals surface area contributed by atoms with E-state index in [2.05, 4.69) is 57.7 Å². The van der Waals surface area contributed by atoms with E-state index in [0.29, 0.717) is 12.5 Å². The first-order valence-corrected chi connectivity index (χ1v) is 11.0. The van der Waals surface area contributed by atoms with Crippen molar-refractivity contribution in [1.82, 2.24) is 4.90 Å². The third kappa shape index (κ3) is 3.91. The molecule has 160 valence electrons. The van der Waals surface area contributed by atoms with Gasteiger partial charge in [-0.1, -0.05) is 26.8 Å². The second kappa shape index (κ2) is 7.28. The lowest BCUT2D eigenvalue weighted by Gasteiger charge is -2.51. The largest absolute Gasteiger partial charge is 0.487 e. The molecule has 1 aromatic rings. The monoisotopic (exact) mass is 401 g/mol. The van der Waals surface area contributed by atoms with Crippen LogP contribution >= 0.6 is 0 Å². The summed E-state index contributed by atoms with van der Waals surface area (Å²) in [4.78, 5) is 13.3. The molecule has 0 spiro atoms. The van der Waals surface area contributed by atoms with Crippen LogP contribution in [0.15, 0.2) is 18.2 Å². The maximum absolute atomic E-state index is 10.9. The third-order valence-electron chi connectivity index (χ3n) is 7.07. The second-order valence-corrected chi connectivity index (χ2v) is 10.5. The van der Waals surface area contributed by atoms with Gasteiger partial charge in [0, 0.05) is 30.5 Å². The molecule has 0 unspecified atom stereocenters. The molecule has 0 amide bonds. The topological polar surface area (TPSA) is 59.0 Å². The molecule has 0 radical (unpaired) electrons. The number of aliphatic carboxylic acids is 1. The molecule has 1 aromatic carbocycles. The van der Waals surface area contributed by atoms with Gasteiger partial charge in [0.25, 0.3) is 0 Å². The molecule has 0 aliphatic carbocycles. The van der Waals surface area contributed by atoms with Gasteiger partial charge in [0.15, 0.2) is 0 Å². The molecule has 3 aliphatic heterocycles. The van der Waals surface area contributed by atoms with Gasteiger partial charge in [-0.05, 0) is 62.8 Å². The Labute approximate surface area is 174 Å². The van der Waals surface area contributed by atoms with Crippen LogP contribution < -0.4 is 4.74 Å². The summed E-state index contributed by atoms with van der Waals surface area (Å²) < 4.78 is 13.2. The highest BCUT2D eigenvalue weighted by molar-refractivity contribution is 5.66. The van der Waals surface area contributed by atoms with Crippen LogP contribution in [0.25, 0.3) is 0 Å². The zero-order chi connectivity index (χ0) is 21.0. The van der Waals surface area contributed by atoms with E-state index < -0.39 is 5.97 Å². The van der Waals surface area contributed by atoms with Crippen LogP contribution in [0.3, 0.4) is 0 Å². The zero-order valence-corrected chi connectivity index (χ0v) is 18.4. The first kappa shape index (κ1) is 20.7. The van der Waals surface area contributed by atoms with E-state index in [4.69, 9.17) is 14.6 Å². The fraction of sp³-hybridized carbons (Fsp3) is 0.708. The number of carbonyl (C=O) groups is 1. The molecule has 0 saturated carbocycles. The maximum Gasteiger partial charge on any atom is 0.303 e. The molecule has 5 nitrogen and oxygen atoms in total. The molecule has 0 aromatic heterocycles. The van der Waals surface area contributed by atoms with E-state index in [1.54, 1.807) is 0 Å². The summed E-state index contributed by atoms with van der Waals surface area (Å²) in [6.07, 6.45) is 3.28. The Bertz CT molecular complexity index is 782. The molecule has 2 saturated heterocycles. The van der Waals surface area contributed by atoms with E-state index in [1.807, 2.05) is 0 Å². The highest BCUT2D eigenvalue weighted by Crippen LogP contribution is 2.53. The molecule has 3 heterocycles. The maximum atomic E-state index is 10.9. The van der Waals surface area contributed by atoms with Gasteiger partial charge in [-0.3, -0.25) is 9.69 Å². The zero-order valence-electron chi connectivity index (χ0n) is 18.4.